The SMILES string of the molecule is NC(=O)CCNC(=O)C[C@@H](c1ccccc1)c1cccc(Cl)c1. The summed E-state index contributed by atoms with van der Waals surface area (Å²) < 4.78 is 0. The molecule has 4 nitrogen and oxygen atoms in total. The average Bonchev–Trinajstić information content (AvgIpc) is 2.53. The largest absolute Gasteiger partial charge is 0.370 e. The van der Waals surface area contributed by atoms with Gasteiger partial charge in [0, 0.05) is 30.3 Å². The standard InChI is InChI=1S/C18H19ClN2O2/c19-15-8-4-7-14(11-15)16(13-5-2-1-3-6-13)12-18(23)21-10-9-17(20)22/h1-8,11,16H,9-10,12H2,(H2,20,22)(H,21,23)/t16-/m0/s1. The van der Waals surface area contributed by atoms with E-state index in [2.05, 4.69) is 5.32 Å². The van der Waals surface area contributed by atoms with Crippen molar-refractivity contribution in [3.8, 4) is 0 Å². The minimum Gasteiger partial charge on any atom is -0.370 e. The summed E-state index contributed by atoms with van der Waals surface area (Å²) in [5.74, 6) is -0.650. The third-order valence-electron chi connectivity index (χ3n) is 3.54. The molecule has 2 amide bonds. The molecule has 0 aliphatic carbocycles. The molecule has 0 bridgehead atoms. The summed E-state index contributed by atoms with van der Waals surface area (Å²) in [6.07, 6.45) is 0.419. The van der Waals surface area contributed by atoms with Gasteiger partial charge in [0.15, 0.2) is 0 Å². The number of hydrogen-bond acceptors (Lipinski definition) is 2. The van der Waals surface area contributed by atoms with Crippen LogP contribution in [0.2, 0.25) is 5.02 Å². The van der Waals surface area contributed by atoms with Crippen LogP contribution < -0.4 is 11.1 Å². The molecule has 2 rings (SSSR count). The van der Waals surface area contributed by atoms with Crippen LogP contribution in [0.4, 0.5) is 0 Å². The van der Waals surface area contributed by atoms with Crippen molar-refractivity contribution in [2.24, 2.45) is 5.73 Å². The van der Waals surface area contributed by atoms with Crippen LogP contribution in [-0.4, -0.2) is 18.4 Å². The van der Waals surface area contributed by atoms with Gasteiger partial charge in [-0.3, -0.25) is 9.59 Å². The Kier molecular flexibility index (Phi) is 6.18. The molecule has 0 spiro atoms. The van der Waals surface area contributed by atoms with Gasteiger partial charge in [0.25, 0.3) is 0 Å². The van der Waals surface area contributed by atoms with Crippen molar-refractivity contribution in [3.63, 3.8) is 0 Å². The molecule has 0 aliphatic rings. The molecule has 5 heteroatoms. The minimum absolute atomic E-state index is 0.0940. The van der Waals surface area contributed by atoms with E-state index in [-0.39, 0.29) is 31.2 Å². The van der Waals surface area contributed by atoms with Gasteiger partial charge in [-0.1, -0.05) is 54.1 Å². The van der Waals surface area contributed by atoms with Crippen LogP contribution in [0, 0.1) is 0 Å². The second-order valence-electron chi connectivity index (χ2n) is 5.29. The molecule has 2 aromatic rings. The van der Waals surface area contributed by atoms with Gasteiger partial charge >= 0.3 is 0 Å². The van der Waals surface area contributed by atoms with Crippen LogP contribution >= 0.6 is 11.6 Å². The van der Waals surface area contributed by atoms with E-state index in [9.17, 15) is 9.59 Å². The van der Waals surface area contributed by atoms with Gasteiger partial charge in [0.05, 0.1) is 0 Å². The van der Waals surface area contributed by atoms with Crippen LogP contribution in [0.5, 0.6) is 0 Å². The summed E-state index contributed by atoms with van der Waals surface area (Å²) in [5, 5.41) is 3.36. The summed E-state index contributed by atoms with van der Waals surface area (Å²) >= 11 is 6.08. The number of hydrogen-bond donors (Lipinski definition) is 2. The first-order chi connectivity index (χ1) is 11.1. The van der Waals surface area contributed by atoms with E-state index < -0.39 is 5.91 Å². The fraction of sp³-hybridized carbons (Fsp3) is 0.222. The summed E-state index contributed by atoms with van der Waals surface area (Å²) in [7, 11) is 0. The maximum atomic E-state index is 12.2. The quantitative estimate of drug-likeness (QED) is 0.819. The normalized spacial score (nSPS) is 11.7. The molecule has 3 N–H and O–H groups in total. The Hall–Kier alpha value is -2.33. The van der Waals surface area contributed by atoms with Crippen LogP contribution in [0.3, 0.4) is 0 Å². The molecule has 2 aromatic carbocycles. The van der Waals surface area contributed by atoms with Gasteiger partial charge in [-0.15, -0.1) is 0 Å². The molecular formula is C18H19ClN2O2. The van der Waals surface area contributed by atoms with E-state index in [0.717, 1.165) is 11.1 Å². The number of nitrogens with one attached hydrogen (secondary N) is 1. The lowest BCUT2D eigenvalue weighted by Crippen LogP contribution is -2.29. The smallest absolute Gasteiger partial charge is 0.220 e. The van der Waals surface area contributed by atoms with Gasteiger partial charge in [0.1, 0.15) is 0 Å². The third-order valence-corrected chi connectivity index (χ3v) is 3.77. The lowest BCUT2D eigenvalue weighted by atomic mass is 9.88. The van der Waals surface area contributed by atoms with Crippen molar-refractivity contribution < 1.29 is 9.59 Å². The monoisotopic (exact) mass is 330 g/mol. The molecule has 0 radical (unpaired) electrons. The van der Waals surface area contributed by atoms with Gasteiger partial charge in [-0.25, -0.2) is 0 Å². The number of primary amides is 1. The third kappa shape index (κ3) is 5.42. The Morgan fingerprint density at radius 2 is 1.74 bits per heavy atom. The highest BCUT2D eigenvalue weighted by atomic mass is 35.5. The first kappa shape index (κ1) is 17.0. The highest BCUT2D eigenvalue weighted by Gasteiger charge is 2.18. The van der Waals surface area contributed by atoms with E-state index in [4.69, 9.17) is 17.3 Å². The number of benzene rings is 2. The molecule has 0 fully saturated rings. The highest BCUT2D eigenvalue weighted by molar-refractivity contribution is 6.30. The van der Waals surface area contributed by atoms with Crippen LogP contribution in [-0.2, 0) is 9.59 Å². The fourth-order valence-electron chi connectivity index (χ4n) is 2.42. The predicted octanol–water partition coefficient (Wildman–Crippen LogP) is 2.85. The Balaban J connectivity index is 2.15. The molecule has 0 aliphatic heterocycles. The maximum Gasteiger partial charge on any atom is 0.220 e. The first-order valence-corrected chi connectivity index (χ1v) is 7.79. The molecule has 23 heavy (non-hydrogen) atoms. The van der Waals surface area contributed by atoms with Gasteiger partial charge in [-0.2, -0.15) is 0 Å². The zero-order valence-corrected chi connectivity index (χ0v) is 13.4. The number of carbonyl (C=O) groups excluding carboxylic acids is 2. The Morgan fingerprint density at radius 1 is 1.04 bits per heavy atom. The van der Waals surface area contributed by atoms with E-state index in [1.165, 1.54) is 0 Å². The molecule has 0 saturated heterocycles. The van der Waals surface area contributed by atoms with Crippen LogP contribution in [0.25, 0.3) is 0 Å². The molecule has 0 saturated carbocycles. The summed E-state index contributed by atoms with van der Waals surface area (Å²) in [4.78, 5) is 22.9. The molecule has 0 unspecified atom stereocenters. The lowest BCUT2D eigenvalue weighted by molar-refractivity contribution is -0.121. The molecular weight excluding hydrogens is 312 g/mol. The van der Waals surface area contributed by atoms with Crippen molar-refractivity contribution in [1.29, 1.82) is 0 Å². The Morgan fingerprint density at radius 3 is 2.39 bits per heavy atom. The van der Waals surface area contributed by atoms with E-state index >= 15 is 0 Å². The Labute approximate surface area is 140 Å². The van der Waals surface area contributed by atoms with Crippen molar-refractivity contribution in [2.45, 2.75) is 18.8 Å². The number of nitrogens with two attached hydrogens (primary N) is 1. The van der Waals surface area contributed by atoms with Crippen LogP contribution in [0.15, 0.2) is 54.6 Å². The number of amides is 2. The van der Waals surface area contributed by atoms with Gasteiger partial charge < -0.3 is 11.1 Å². The zero-order valence-electron chi connectivity index (χ0n) is 12.7. The van der Waals surface area contributed by atoms with E-state index in [1.807, 2.05) is 48.5 Å². The minimum atomic E-state index is -0.431. The van der Waals surface area contributed by atoms with Crippen molar-refractivity contribution in [2.75, 3.05) is 6.54 Å². The fourth-order valence-corrected chi connectivity index (χ4v) is 2.62. The summed E-state index contributed by atoms with van der Waals surface area (Å²) in [6.45, 7) is 0.255. The highest BCUT2D eigenvalue weighted by Crippen LogP contribution is 2.29. The number of rotatable bonds is 7. The van der Waals surface area contributed by atoms with Gasteiger partial charge in [0.2, 0.25) is 11.8 Å². The topological polar surface area (TPSA) is 72.2 Å². The van der Waals surface area contributed by atoms with Crippen molar-refractivity contribution in [3.05, 3.63) is 70.7 Å². The second kappa shape index (κ2) is 8.34. The van der Waals surface area contributed by atoms with Crippen molar-refractivity contribution in [1.82, 2.24) is 5.32 Å². The molecule has 0 heterocycles. The van der Waals surface area contributed by atoms with Gasteiger partial charge in [-0.05, 0) is 23.3 Å². The van der Waals surface area contributed by atoms with Crippen molar-refractivity contribution >= 4 is 23.4 Å². The number of carbonyl (C=O) groups is 2. The molecule has 0 aromatic heterocycles. The van der Waals surface area contributed by atoms with E-state index in [0.29, 0.717) is 5.02 Å². The summed E-state index contributed by atoms with van der Waals surface area (Å²) in [6, 6.07) is 17.3. The maximum absolute atomic E-state index is 12.2. The second-order valence-corrected chi connectivity index (χ2v) is 5.73. The molecule has 1 atom stereocenters. The average molecular weight is 331 g/mol. The lowest BCUT2D eigenvalue weighted by Gasteiger charge is -2.18. The first-order valence-electron chi connectivity index (χ1n) is 7.41. The number of halogens is 1. The predicted molar refractivity (Wildman–Crippen MR) is 91.2 cm³/mol. The zero-order chi connectivity index (χ0) is 16.7. The molecule has 120 valence electrons. The Bertz CT molecular complexity index is 674. The van der Waals surface area contributed by atoms with Crippen LogP contribution in [0.1, 0.15) is 29.9 Å². The summed E-state index contributed by atoms with van der Waals surface area (Å²) in [5.41, 5.74) is 7.10. The van der Waals surface area contributed by atoms with E-state index in [1.54, 1.807) is 6.07 Å².